The molecule has 28 heavy (non-hydrogen) atoms. The Morgan fingerprint density at radius 3 is 2.79 bits per heavy atom. The number of amides is 3. The molecule has 0 aliphatic carbocycles. The van der Waals surface area contributed by atoms with Crippen LogP contribution in [0.5, 0.6) is 0 Å². The van der Waals surface area contributed by atoms with Gasteiger partial charge in [-0.05, 0) is 25.0 Å². The Kier molecular flexibility index (Phi) is 4.78. The molecule has 2 bridgehead atoms. The van der Waals surface area contributed by atoms with Crippen molar-refractivity contribution in [3.05, 3.63) is 30.0 Å². The molecule has 0 unspecified atom stereocenters. The number of hydrogen-bond donors (Lipinski definition) is 0. The third kappa shape index (κ3) is 3.34. The van der Waals surface area contributed by atoms with Crippen LogP contribution in [0.15, 0.2) is 28.8 Å². The van der Waals surface area contributed by atoms with Gasteiger partial charge in [0, 0.05) is 38.6 Å². The number of fused-ring (bicyclic) bond motifs is 5. The molecule has 0 saturated carbocycles. The summed E-state index contributed by atoms with van der Waals surface area (Å²) in [6.07, 6.45) is 1.71. The smallest absolute Gasteiger partial charge is 0.241 e. The molecular weight excluding hydrogens is 360 g/mol. The minimum absolute atomic E-state index is 0.0198. The van der Waals surface area contributed by atoms with Gasteiger partial charge in [0.05, 0.1) is 12.3 Å². The number of carbonyl (C=O) groups excluding carboxylic acids is 3. The zero-order valence-electron chi connectivity index (χ0n) is 16.1. The van der Waals surface area contributed by atoms with Crippen molar-refractivity contribution in [3.63, 3.8) is 0 Å². The van der Waals surface area contributed by atoms with Crippen molar-refractivity contribution in [2.24, 2.45) is 5.92 Å². The second-order valence-corrected chi connectivity index (χ2v) is 7.78. The Labute approximate surface area is 163 Å². The summed E-state index contributed by atoms with van der Waals surface area (Å²) in [4.78, 5) is 42.8. The number of carbonyl (C=O) groups is 3. The molecule has 5 rings (SSSR count). The van der Waals surface area contributed by atoms with E-state index in [2.05, 4.69) is 5.16 Å². The van der Waals surface area contributed by atoms with Crippen LogP contribution in [-0.4, -0.2) is 77.3 Å². The molecule has 0 radical (unpaired) electrons. The normalized spacial score (nSPS) is 21.9. The fraction of sp³-hybridized carbons (Fsp3) is 0.500. The maximum absolute atomic E-state index is 13.0. The fourth-order valence-corrected chi connectivity index (χ4v) is 4.06. The highest BCUT2D eigenvalue weighted by Gasteiger charge is 2.42. The molecule has 1 aromatic heterocycles. The molecule has 3 fully saturated rings. The molecule has 0 N–H and O–H groups in total. The SMILES string of the molecule is CN(C)C(=O)CN1C(=O)[C@@H]2CC[C@H]1CN(C(=O)Cc1noc3ccccc13)C2. The Hall–Kier alpha value is -2.90. The summed E-state index contributed by atoms with van der Waals surface area (Å²) < 4.78 is 5.29. The molecule has 3 saturated heterocycles. The van der Waals surface area contributed by atoms with E-state index in [-0.39, 0.29) is 42.6 Å². The van der Waals surface area contributed by atoms with Crippen molar-refractivity contribution in [2.75, 3.05) is 33.7 Å². The molecule has 1 aromatic carbocycles. The van der Waals surface area contributed by atoms with Crippen molar-refractivity contribution < 1.29 is 18.9 Å². The van der Waals surface area contributed by atoms with E-state index in [1.165, 1.54) is 4.90 Å². The lowest BCUT2D eigenvalue weighted by Gasteiger charge is -2.35. The molecule has 148 valence electrons. The molecule has 2 aromatic rings. The number of rotatable bonds is 4. The molecular formula is C20H24N4O4. The quantitative estimate of drug-likeness (QED) is 0.782. The van der Waals surface area contributed by atoms with Gasteiger partial charge in [0.1, 0.15) is 12.2 Å². The van der Waals surface area contributed by atoms with Crippen molar-refractivity contribution in [1.82, 2.24) is 19.9 Å². The number of nitrogens with zero attached hydrogens (tertiary/aromatic N) is 4. The molecule has 3 aliphatic heterocycles. The Morgan fingerprint density at radius 2 is 2.00 bits per heavy atom. The number of likely N-dealkylation sites (N-methyl/N-ethyl adjacent to an activating group) is 1. The van der Waals surface area contributed by atoms with Crippen molar-refractivity contribution in [2.45, 2.75) is 25.3 Å². The van der Waals surface area contributed by atoms with Crippen LogP contribution in [0.4, 0.5) is 0 Å². The van der Waals surface area contributed by atoms with Crippen LogP contribution < -0.4 is 0 Å². The van der Waals surface area contributed by atoms with Gasteiger partial charge in [0.25, 0.3) is 0 Å². The van der Waals surface area contributed by atoms with E-state index in [0.29, 0.717) is 24.4 Å². The number of para-hydroxylation sites is 1. The summed E-state index contributed by atoms with van der Waals surface area (Å²) in [6.45, 7) is 0.928. The van der Waals surface area contributed by atoms with Gasteiger partial charge in [0.2, 0.25) is 17.7 Å². The lowest BCUT2D eigenvalue weighted by molar-refractivity contribution is -0.145. The van der Waals surface area contributed by atoms with E-state index in [9.17, 15) is 14.4 Å². The average Bonchev–Trinajstić information content (AvgIpc) is 2.88. The van der Waals surface area contributed by atoms with E-state index in [1.54, 1.807) is 23.9 Å². The Bertz CT molecular complexity index is 922. The van der Waals surface area contributed by atoms with Gasteiger partial charge in [-0.3, -0.25) is 14.4 Å². The standard InChI is InChI=1S/C20H24N4O4/c1-22(2)19(26)12-24-14-8-7-13(20(24)27)10-23(11-14)18(25)9-16-15-5-3-4-6-17(15)28-21-16/h3-6,13-14H,7-12H2,1-2H3/t13-,14+/m1/s1. The van der Waals surface area contributed by atoms with Gasteiger partial charge >= 0.3 is 0 Å². The third-order valence-corrected chi connectivity index (χ3v) is 5.72. The first-order valence-corrected chi connectivity index (χ1v) is 9.55. The average molecular weight is 384 g/mol. The van der Waals surface area contributed by atoms with Gasteiger partial charge in [-0.1, -0.05) is 17.3 Å². The Balaban J connectivity index is 1.50. The summed E-state index contributed by atoms with van der Waals surface area (Å²) >= 11 is 0. The van der Waals surface area contributed by atoms with Crippen LogP contribution in [0.3, 0.4) is 0 Å². The Morgan fingerprint density at radius 1 is 1.21 bits per heavy atom. The molecule has 2 atom stereocenters. The minimum Gasteiger partial charge on any atom is -0.356 e. The van der Waals surface area contributed by atoms with E-state index >= 15 is 0 Å². The van der Waals surface area contributed by atoms with Crippen LogP contribution >= 0.6 is 0 Å². The topological polar surface area (TPSA) is 87.0 Å². The van der Waals surface area contributed by atoms with Crippen LogP contribution in [0.2, 0.25) is 0 Å². The molecule has 4 heterocycles. The largest absolute Gasteiger partial charge is 0.356 e. The maximum Gasteiger partial charge on any atom is 0.241 e. The second kappa shape index (κ2) is 7.26. The van der Waals surface area contributed by atoms with Gasteiger partial charge in [-0.15, -0.1) is 0 Å². The first kappa shape index (κ1) is 18.5. The number of hydrogen-bond acceptors (Lipinski definition) is 5. The first-order valence-electron chi connectivity index (χ1n) is 9.55. The molecule has 0 spiro atoms. The summed E-state index contributed by atoms with van der Waals surface area (Å²) in [5.74, 6) is -0.433. The van der Waals surface area contributed by atoms with E-state index in [1.807, 2.05) is 24.3 Å². The molecule has 8 nitrogen and oxygen atoms in total. The van der Waals surface area contributed by atoms with Crippen molar-refractivity contribution in [3.8, 4) is 0 Å². The number of benzene rings is 1. The zero-order chi connectivity index (χ0) is 19.8. The first-order chi connectivity index (χ1) is 13.4. The van der Waals surface area contributed by atoms with E-state index in [4.69, 9.17) is 4.52 Å². The highest BCUT2D eigenvalue weighted by molar-refractivity contribution is 5.89. The van der Waals surface area contributed by atoms with Crippen molar-refractivity contribution in [1.29, 1.82) is 0 Å². The third-order valence-electron chi connectivity index (χ3n) is 5.72. The number of piperidine rings is 1. The minimum atomic E-state index is -0.244. The maximum atomic E-state index is 13.0. The monoisotopic (exact) mass is 384 g/mol. The highest BCUT2D eigenvalue weighted by atomic mass is 16.5. The van der Waals surface area contributed by atoms with Crippen molar-refractivity contribution >= 4 is 28.7 Å². The van der Waals surface area contributed by atoms with Crippen LogP contribution in [-0.2, 0) is 20.8 Å². The van der Waals surface area contributed by atoms with Gasteiger partial charge in [0.15, 0.2) is 5.58 Å². The number of aromatic nitrogens is 1. The summed E-state index contributed by atoms with van der Waals surface area (Å²) in [7, 11) is 3.36. The summed E-state index contributed by atoms with van der Waals surface area (Å²) in [5.41, 5.74) is 1.27. The van der Waals surface area contributed by atoms with Crippen LogP contribution in [0.1, 0.15) is 18.5 Å². The van der Waals surface area contributed by atoms with Gasteiger partial charge < -0.3 is 19.2 Å². The second-order valence-electron chi connectivity index (χ2n) is 7.78. The van der Waals surface area contributed by atoms with E-state index < -0.39 is 0 Å². The fourth-order valence-electron chi connectivity index (χ4n) is 4.06. The lowest BCUT2D eigenvalue weighted by Crippen LogP contribution is -2.51. The van der Waals surface area contributed by atoms with Gasteiger partial charge in [-0.2, -0.15) is 0 Å². The summed E-state index contributed by atoms with van der Waals surface area (Å²) in [6, 6.07) is 7.34. The lowest BCUT2D eigenvalue weighted by atomic mass is 9.94. The predicted molar refractivity (Wildman–Crippen MR) is 101 cm³/mol. The van der Waals surface area contributed by atoms with Crippen LogP contribution in [0, 0.1) is 5.92 Å². The summed E-state index contributed by atoms with van der Waals surface area (Å²) in [5, 5.41) is 4.88. The predicted octanol–water partition coefficient (Wildman–Crippen LogP) is 0.908. The highest BCUT2D eigenvalue weighted by Crippen LogP contribution is 2.29. The van der Waals surface area contributed by atoms with Crippen LogP contribution in [0.25, 0.3) is 11.0 Å². The zero-order valence-corrected chi connectivity index (χ0v) is 16.1. The molecule has 8 heteroatoms. The van der Waals surface area contributed by atoms with E-state index in [0.717, 1.165) is 18.2 Å². The molecule has 3 amide bonds. The molecule has 3 aliphatic rings. The van der Waals surface area contributed by atoms with Gasteiger partial charge in [-0.25, -0.2) is 0 Å².